The van der Waals surface area contributed by atoms with E-state index in [2.05, 4.69) is 26.1 Å². The summed E-state index contributed by atoms with van der Waals surface area (Å²) in [6, 6.07) is 0.194. The summed E-state index contributed by atoms with van der Waals surface area (Å²) in [6.45, 7) is 12.1. The molecule has 0 heterocycles. The lowest BCUT2D eigenvalue weighted by Gasteiger charge is -2.24. The first-order valence-electron chi connectivity index (χ1n) is 5.62. The van der Waals surface area contributed by atoms with Crippen molar-refractivity contribution in [2.24, 2.45) is 11.1 Å². The van der Waals surface area contributed by atoms with Gasteiger partial charge in [0.25, 0.3) is 0 Å². The van der Waals surface area contributed by atoms with E-state index in [1.54, 1.807) is 13.8 Å². The van der Waals surface area contributed by atoms with Gasteiger partial charge in [-0.3, -0.25) is 4.79 Å². The first-order valence-corrected chi connectivity index (χ1v) is 5.62. The lowest BCUT2D eigenvalue weighted by molar-refractivity contribution is -0.125. The van der Waals surface area contributed by atoms with Gasteiger partial charge in [0.15, 0.2) is 0 Å². The van der Waals surface area contributed by atoms with E-state index in [0.29, 0.717) is 5.41 Å². The van der Waals surface area contributed by atoms with Crippen molar-refractivity contribution in [2.75, 3.05) is 0 Å². The number of hydrogen-bond acceptors (Lipinski definition) is 2. The van der Waals surface area contributed by atoms with Crippen molar-refractivity contribution in [1.82, 2.24) is 5.32 Å². The Bertz CT molecular complexity index is 211. The first kappa shape index (κ1) is 14.4. The van der Waals surface area contributed by atoms with Crippen molar-refractivity contribution in [1.29, 1.82) is 0 Å². The highest BCUT2D eigenvalue weighted by Crippen LogP contribution is 2.21. The molecule has 0 aromatic heterocycles. The van der Waals surface area contributed by atoms with Gasteiger partial charge in [0, 0.05) is 6.04 Å². The molecule has 3 heteroatoms. The van der Waals surface area contributed by atoms with E-state index in [1.165, 1.54) is 0 Å². The Kier molecular flexibility index (Phi) is 4.78. The van der Waals surface area contributed by atoms with Gasteiger partial charge in [0.1, 0.15) is 0 Å². The number of carbonyl (C=O) groups is 1. The minimum atomic E-state index is -0.782. The first-order chi connectivity index (χ1) is 6.52. The number of nitrogens with two attached hydrogens (primary N) is 1. The summed E-state index contributed by atoms with van der Waals surface area (Å²) in [5, 5.41) is 2.93. The molecule has 0 aliphatic carbocycles. The van der Waals surface area contributed by atoms with Gasteiger partial charge in [-0.05, 0) is 39.0 Å². The lowest BCUT2D eigenvalue weighted by atomic mass is 9.89. The van der Waals surface area contributed by atoms with Crippen molar-refractivity contribution < 1.29 is 4.79 Å². The number of nitrogens with one attached hydrogen (secondary N) is 1. The molecule has 3 N–H and O–H groups in total. The lowest BCUT2D eigenvalue weighted by Crippen LogP contribution is -2.51. The van der Waals surface area contributed by atoms with Crippen LogP contribution in [0.15, 0.2) is 0 Å². The van der Waals surface area contributed by atoms with Crippen molar-refractivity contribution in [3.05, 3.63) is 0 Å². The minimum Gasteiger partial charge on any atom is -0.352 e. The highest BCUT2D eigenvalue weighted by molar-refractivity contribution is 5.85. The van der Waals surface area contributed by atoms with Crippen LogP contribution in [0, 0.1) is 5.41 Å². The fourth-order valence-electron chi connectivity index (χ4n) is 1.13. The van der Waals surface area contributed by atoms with Gasteiger partial charge in [-0.15, -0.1) is 0 Å². The van der Waals surface area contributed by atoms with Gasteiger partial charge < -0.3 is 11.1 Å². The summed E-state index contributed by atoms with van der Waals surface area (Å²) >= 11 is 0. The van der Waals surface area contributed by atoms with Crippen LogP contribution in [0.3, 0.4) is 0 Å². The Labute approximate surface area is 93.8 Å². The molecule has 0 aliphatic heterocycles. The highest BCUT2D eigenvalue weighted by Gasteiger charge is 2.23. The summed E-state index contributed by atoms with van der Waals surface area (Å²) in [6.07, 6.45) is 2.09. The molecule has 1 atom stereocenters. The van der Waals surface area contributed by atoms with Crippen LogP contribution >= 0.6 is 0 Å². The second-order valence-electron chi connectivity index (χ2n) is 6.20. The number of hydrogen-bond donors (Lipinski definition) is 2. The topological polar surface area (TPSA) is 55.1 Å². The third-order valence-corrected chi connectivity index (χ3v) is 2.29. The molecular formula is C12H26N2O. The third kappa shape index (κ3) is 7.37. The fraction of sp³-hybridized carbons (Fsp3) is 0.917. The zero-order valence-corrected chi connectivity index (χ0v) is 11.0. The fourth-order valence-corrected chi connectivity index (χ4v) is 1.13. The Morgan fingerprint density at radius 3 is 2.07 bits per heavy atom. The van der Waals surface area contributed by atoms with Gasteiger partial charge in [-0.25, -0.2) is 0 Å². The van der Waals surface area contributed by atoms with Gasteiger partial charge in [-0.2, -0.15) is 0 Å². The molecule has 1 unspecified atom stereocenters. The summed E-state index contributed by atoms with van der Waals surface area (Å²) in [4.78, 5) is 11.6. The average molecular weight is 214 g/mol. The molecule has 0 aromatic rings. The maximum absolute atomic E-state index is 11.6. The molecule has 0 aromatic carbocycles. The molecule has 0 saturated carbocycles. The number of amides is 1. The van der Waals surface area contributed by atoms with Crippen LogP contribution in [0.25, 0.3) is 0 Å². The van der Waals surface area contributed by atoms with Crippen molar-refractivity contribution in [3.8, 4) is 0 Å². The molecule has 0 saturated heterocycles. The molecule has 0 spiro atoms. The summed E-state index contributed by atoms with van der Waals surface area (Å²) in [5.74, 6) is -0.0797. The molecule has 3 nitrogen and oxygen atoms in total. The van der Waals surface area contributed by atoms with Crippen LogP contribution in [0.2, 0.25) is 0 Å². The van der Waals surface area contributed by atoms with Crippen LogP contribution in [-0.2, 0) is 4.79 Å². The smallest absolute Gasteiger partial charge is 0.239 e. The van der Waals surface area contributed by atoms with Crippen LogP contribution in [0.1, 0.15) is 54.4 Å². The summed E-state index contributed by atoms with van der Waals surface area (Å²) in [7, 11) is 0. The average Bonchev–Trinajstić information content (AvgIpc) is 1.97. The maximum atomic E-state index is 11.6. The third-order valence-electron chi connectivity index (χ3n) is 2.29. The Balaban J connectivity index is 3.95. The zero-order chi connectivity index (χ0) is 12.3. The van der Waals surface area contributed by atoms with Crippen LogP contribution in [-0.4, -0.2) is 17.5 Å². The van der Waals surface area contributed by atoms with Crippen LogP contribution in [0.5, 0.6) is 0 Å². The van der Waals surface area contributed by atoms with Gasteiger partial charge in [-0.1, -0.05) is 20.8 Å². The van der Waals surface area contributed by atoms with E-state index in [0.717, 1.165) is 12.8 Å². The van der Waals surface area contributed by atoms with E-state index >= 15 is 0 Å². The Hall–Kier alpha value is -0.570. The molecular weight excluding hydrogens is 188 g/mol. The van der Waals surface area contributed by atoms with Crippen LogP contribution in [0.4, 0.5) is 0 Å². The molecule has 90 valence electrons. The van der Waals surface area contributed by atoms with Crippen molar-refractivity contribution in [2.45, 2.75) is 66.0 Å². The predicted molar refractivity (Wildman–Crippen MR) is 64.6 cm³/mol. The minimum absolute atomic E-state index is 0.0797. The Morgan fingerprint density at radius 2 is 1.73 bits per heavy atom. The zero-order valence-electron chi connectivity index (χ0n) is 11.0. The van der Waals surface area contributed by atoms with Gasteiger partial charge >= 0.3 is 0 Å². The molecule has 15 heavy (non-hydrogen) atoms. The summed E-state index contributed by atoms with van der Waals surface area (Å²) in [5.41, 5.74) is 5.23. The second kappa shape index (κ2) is 4.97. The second-order valence-corrected chi connectivity index (χ2v) is 6.20. The molecule has 0 aliphatic rings. The van der Waals surface area contributed by atoms with Crippen molar-refractivity contribution in [3.63, 3.8) is 0 Å². The number of rotatable bonds is 4. The van der Waals surface area contributed by atoms with E-state index < -0.39 is 5.54 Å². The molecule has 0 radical (unpaired) electrons. The Morgan fingerprint density at radius 1 is 1.27 bits per heavy atom. The highest BCUT2D eigenvalue weighted by atomic mass is 16.2. The monoisotopic (exact) mass is 214 g/mol. The molecule has 0 fully saturated rings. The van der Waals surface area contributed by atoms with E-state index in [1.807, 2.05) is 6.92 Å². The SMILES string of the molecule is CC(CCC(C)(C)C)NC(=O)C(C)(C)N. The quantitative estimate of drug-likeness (QED) is 0.752. The summed E-state index contributed by atoms with van der Waals surface area (Å²) < 4.78 is 0. The molecule has 0 bridgehead atoms. The van der Waals surface area contributed by atoms with E-state index in [4.69, 9.17) is 5.73 Å². The normalized spacial score (nSPS) is 14.9. The van der Waals surface area contributed by atoms with E-state index in [-0.39, 0.29) is 11.9 Å². The van der Waals surface area contributed by atoms with Gasteiger partial charge in [0.2, 0.25) is 5.91 Å². The molecule has 1 amide bonds. The van der Waals surface area contributed by atoms with Gasteiger partial charge in [0.05, 0.1) is 5.54 Å². The van der Waals surface area contributed by atoms with E-state index in [9.17, 15) is 4.79 Å². The standard InChI is InChI=1S/C12H26N2O/c1-9(7-8-11(2,3)4)14-10(15)12(5,6)13/h9H,7-8,13H2,1-6H3,(H,14,15). The largest absolute Gasteiger partial charge is 0.352 e. The predicted octanol–water partition coefficient (Wildman–Crippen LogP) is 2.05. The van der Waals surface area contributed by atoms with Crippen molar-refractivity contribution >= 4 is 5.91 Å². The van der Waals surface area contributed by atoms with Crippen LogP contribution < -0.4 is 11.1 Å². The number of carbonyl (C=O) groups excluding carboxylic acids is 1. The maximum Gasteiger partial charge on any atom is 0.239 e. The molecule has 0 rings (SSSR count).